The fourth-order valence-electron chi connectivity index (χ4n) is 3.17. The van der Waals surface area contributed by atoms with E-state index in [0.29, 0.717) is 6.61 Å². The van der Waals surface area contributed by atoms with E-state index in [2.05, 4.69) is 55.1 Å². The Morgan fingerprint density at radius 1 is 0.778 bits per heavy atom. The third-order valence-electron chi connectivity index (χ3n) is 4.52. The van der Waals surface area contributed by atoms with Crippen molar-refractivity contribution in [3.63, 3.8) is 0 Å². The molecule has 2 aromatic carbocycles. The zero-order chi connectivity index (χ0) is 18.6. The molecule has 0 aromatic heterocycles. The Bertz CT molecular complexity index is 628. The summed E-state index contributed by atoms with van der Waals surface area (Å²) in [7, 11) is 1.70. The lowest BCUT2D eigenvalue weighted by molar-refractivity contribution is 0.277. The van der Waals surface area contributed by atoms with Gasteiger partial charge in [-0.2, -0.15) is 0 Å². The molecular formula is C23H34ClNO2. The minimum absolute atomic E-state index is 0. The van der Waals surface area contributed by atoms with Gasteiger partial charge in [0.2, 0.25) is 0 Å². The number of benzene rings is 2. The molecule has 2 aromatic rings. The van der Waals surface area contributed by atoms with Gasteiger partial charge in [0.25, 0.3) is 0 Å². The van der Waals surface area contributed by atoms with Crippen LogP contribution in [0.1, 0.15) is 37.8 Å². The van der Waals surface area contributed by atoms with Crippen LogP contribution < -0.4 is 9.47 Å². The first-order valence-corrected chi connectivity index (χ1v) is 9.82. The van der Waals surface area contributed by atoms with Crippen molar-refractivity contribution in [3.05, 3.63) is 59.7 Å². The van der Waals surface area contributed by atoms with E-state index in [-0.39, 0.29) is 12.4 Å². The number of hydrogen-bond acceptors (Lipinski definition) is 3. The maximum absolute atomic E-state index is 6.04. The fourth-order valence-corrected chi connectivity index (χ4v) is 3.17. The number of ether oxygens (including phenoxy) is 2. The fraction of sp³-hybridized carbons (Fsp3) is 0.478. The normalized spacial score (nSPS) is 10.5. The molecule has 150 valence electrons. The quantitative estimate of drug-likeness (QED) is 0.483. The summed E-state index contributed by atoms with van der Waals surface area (Å²) in [4.78, 5) is 2.54. The van der Waals surface area contributed by atoms with E-state index in [1.165, 1.54) is 37.1 Å². The van der Waals surface area contributed by atoms with Gasteiger partial charge in [0.1, 0.15) is 0 Å². The number of hydrogen-bond donors (Lipinski definition) is 0. The van der Waals surface area contributed by atoms with Crippen molar-refractivity contribution in [2.45, 2.75) is 39.5 Å². The highest BCUT2D eigenvalue weighted by Crippen LogP contribution is 2.28. The summed E-state index contributed by atoms with van der Waals surface area (Å²) in [5.41, 5.74) is 2.59. The summed E-state index contributed by atoms with van der Waals surface area (Å²) in [6.07, 6.45) is 4.35. The van der Waals surface area contributed by atoms with Crippen molar-refractivity contribution in [3.8, 4) is 11.5 Å². The Morgan fingerprint density at radius 3 is 2.11 bits per heavy atom. The van der Waals surface area contributed by atoms with Gasteiger partial charge in [-0.15, -0.1) is 12.4 Å². The zero-order valence-electron chi connectivity index (χ0n) is 16.9. The Balaban J connectivity index is 0.00000364. The highest BCUT2D eigenvalue weighted by Gasteiger charge is 2.08. The van der Waals surface area contributed by atoms with Crippen LogP contribution in [0.15, 0.2) is 48.5 Å². The molecule has 0 unspecified atom stereocenters. The van der Waals surface area contributed by atoms with E-state index >= 15 is 0 Å². The average molecular weight is 392 g/mol. The first-order chi connectivity index (χ1) is 12.8. The highest BCUT2D eigenvalue weighted by atomic mass is 35.5. The minimum atomic E-state index is 0. The summed E-state index contributed by atoms with van der Waals surface area (Å²) >= 11 is 0. The lowest BCUT2D eigenvalue weighted by atomic mass is 10.1. The maximum atomic E-state index is 6.04. The Morgan fingerprint density at radius 2 is 1.48 bits per heavy atom. The van der Waals surface area contributed by atoms with E-state index in [1.807, 2.05) is 12.1 Å². The zero-order valence-corrected chi connectivity index (χ0v) is 17.8. The predicted molar refractivity (Wildman–Crippen MR) is 117 cm³/mol. The molecule has 0 N–H and O–H groups in total. The molecule has 0 bridgehead atoms. The number of rotatable bonds is 12. The summed E-state index contributed by atoms with van der Waals surface area (Å²) in [5.74, 6) is 1.65. The molecule has 0 radical (unpaired) electrons. The van der Waals surface area contributed by atoms with Gasteiger partial charge in [-0.1, -0.05) is 50.2 Å². The molecule has 0 aliphatic carbocycles. The van der Waals surface area contributed by atoms with Gasteiger partial charge in [0.15, 0.2) is 11.5 Å². The van der Waals surface area contributed by atoms with Crippen molar-refractivity contribution in [2.75, 3.05) is 33.4 Å². The molecule has 27 heavy (non-hydrogen) atoms. The van der Waals surface area contributed by atoms with Crippen LogP contribution >= 0.6 is 12.4 Å². The molecule has 0 amide bonds. The van der Waals surface area contributed by atoms with Crippen molar-refractivity contribution < 1.29 is 9.47 Å². The SMILES string of the molecule is CCCN(CCC)CCc1ccc(OC)c(OCCc2ccccc2)c1.Cl. The minimum Gasteiger partial charge on any atom is -0.493 e. The average Bonchev–Trinajstić information content (AvgIpc) is 2.67. The second-order valence-corrected chi connectivity index (χ2v) is 6.66. The van der Waals surface area contributed by atoms with Crippen LogP contribution in [0.5, 0.6) is 11.5 Å². The monoisotopic (exact) mass is 391 g/mol. The van der Waals surface area contributed by atoms with Crippen LogP contribution in [0, 0.1) is 0 Å². The maximum Gasteiger partial charge on any atom is 0.161 e. The molecule has 2 rings (SSSR count). The van der Waals surface area contributed by atoms with Crippen LogP contribution in [-0.2, 0) is 12.8 Å². The molecule has 0 spiro atoms. The largest absolute Gasteiger partial charge is 0.493 e. The third kappa shape index (κ3) is 8.23. The number of methoxy groups -OCH3 is 1. The third-order valence-corrected chi connectivity index (χ3v) is 4.52. The van der Waals surface area contributed by atoms with Crippen LogP contribution in [0.3, 0.4) is 0 Å². The second kappa shape index (κ2) is 13.5. The summed E-state index contributed by atoms with van der Waals surface area (Å²) in [6.45, 7) is 8.58. The van der Waals surface area contributed by atoms with Gasteiger partial charge in [0, 0.05) is 13.0 Å². The Labute approximate surface area is 171 Å². The van der Waals surface area contributed by atoms with Crippen molar-refractivity contribution in [1.82, 2.24) is 4.90 Å². The molecule has 0 saturated heterocycles. The summed E-state index contributed by atoms with van der Waals surface area (Å²) in [6, 6.07) is 16.7. The van der Waals surface area contributed by atoms with E-state index in [0.717, 1.165) is 30.9 Å². The van der Waals surface area contributed by atoms with E-state index in [1.54, 1.807) is 7.11 Å². The highest BCUT2D eigenvalue weighted by molar-refractivity contribution is 5.85. The van der Waals surface area contributed by atoms with E-state index in [4.69, 9.17) is 9.47 Å². The number of halogens is 1. The summed E-state index contributed by atoms with van der Waals surface area (Å²) in [5, 5.41) is 0. The van der Waals surface area contributed by atoms with Crippen LogP contribution in [0.4, 0.5) is 0 Å². The van der Waals surface area contributed by atoms with Gasteiger partial charge in [-0.25, -0.2) is 0 Å². The summed E-state index contributed by atoms with van der Waals surface area (Å²) < 4.78 is 11.5. The van der Waals surface area contributed by atoms with Gasteiger partial charge in [-0.05, 0) is 55.6 Å². The van der Waals surface area contributed by atoms with Crippen molar-refractivity contribution in [2.24, 2.45) is 0 Å². The van der Waals surface area contributed by atoms with Crippen molar-refractivity contribution in [1.29, 1.82) is 0 Å². The van der Waals surface area contributed by atoms with Gasteiger partial charge in [0.05, 0.1) is 13.7 Å². The smallest absolute Gasteiger partial charge is 0.161 e. The lowest BCUT2D eigenvalue weighted by Crippen LogP contribution is -2.27. The standard InChI is InChI=1S/C23H33NO2.ClH/c1-4-15-24(16-5-2)17-13-21-11-12-22(25-3)23(19-21)26-18-14-20-9-7-6-8-10-20;/h6-12,19H,4-5,13-18H2,1-3H3;1H. The van der Waals surface area contributed by atoms with Crippen LogP contribution in [-0.4, -0.2) is 38.3 Å². The first kappa shape index (κ1) is 23.3. The second-order valence-electron chi connectivity index (χ2n) is 6.66. The molecule has 0 fully saturated rings. The molecular weight excluding hydrogens is 358 g/mol. The van der Waals surface area contributed by atoms with Gasteiger partial charge >= 0.3 is 0 Å². The molecule has 0 aliphatic rings. The molecule has 0 saturated carbocycles. The predicted octanol–water partition coefficient (Wildman–Crippen LogP) is 5.40. The molecule has 3 nitrogen and oxygen atoms in total. The van der Waals surface area contributed by atoms with Gasteiger partial charge < -0.3 is 14.4 Å². The molecule has 4 heteroatoms. The number of nitrogens with zero attached hydrogens (tertiary/aromatic N) is 1. The molecule has 0 heterocycles. The Kier molecular flexibility index (Phi) is 11.6. The Hall–Kier alpha value is -1.71. The van der Waals surface area contributed by atoms with Crippen molar-refractivity contribution >= 4 is 12.4 Å². The first-order valence-electron chi connectivity index (χ1n) is 9.82. The lowest BCUT2D eigenvalue weighted by Gasteiger charge is -2.21. The van der Waals surface area contributed by atoms with Crippen LogP contribution in [0.2, 0.25) is 0 Å². The van der Waals surface area contributed by atoms with E-state index < -0.39 is 0 Å². The molecule has 0 aliphatic heterocycles. The topological polar surface area (TPSA) is 21.7 Å². The van der Waals surface area contributed by atoms with Crippen LogP contribution in [0.25, 0.3) is 0 Å². The van der Waals surface area contributed by atoms with Gasteiger partial charge in [-0.3, -0.25) is 0 Å². The van der Waals surface area contributed by atoms with E-state index in [9.17, 15) is 0 Å². The molecule has 0 atom stereocenters.